The Kier molecular flexibility index (Phi) is 4.61. The van der Waals surface area contributed by atoms with Gasteiger partial charge < -0.3 is 15.5 Å². The smallest absolute Gasteiger partial charge is 0.319 e. The fraction of sp³-hybridized carbons (Fsp3) is 0.462. The molecule has 1 saturated heterocycles. The van der Waals surface area contributed by atoms with Crippen molar-refractivity contribution in [1.29, 1.82) is 0 Å². The van der Waals surface area contributed by atoms with Gasteiger partial charge >= 0.3 is 6.03 Å². The van der Waals surface area contributed by atoms with Crippen molar-refractivity contribution in [3.05, 3.63) is 29.0 Å². The van der Waals surface area contributed by atoms with Crippen molar-refractivity contribution < 1.29 is 9.18 Å². The molecule has 0 unspecified atom stereocenters. The molecule has 1 aromatic rings. The van der Waals surface area contributed by atoms with Crippen molar-refractivity contribution >= 4 is 23.3 Å². The second-order valence-electron chi connectivity index (χ2n) is 4.80. The van der Waals surface area contributed by atoms with E-state index in [1.54, 1.807) is 0 Å². The number of benzene rings is 1. The first-order valence-electron chi connectivity index (χ1n) is 6.25. The molecule has 1 aliphatic rings. The summed E-state index contributed by atoms with van der Waals surface area (Å²) in [7, 11) is 2.06. The number of carbonyl (C=O) groups excluding carboxylic acids is 1. The molecule has 2 N–H and O–H groups in total. The van der Waals surface area contributed by atoms with Crippen LogP contribution in [0.15, 0.2) is 18.2 Å². The molecule has 1 fully saturated rings. The molecule has 19 heavy (non-hydrogen) atoms. The van der Waals surface area contributed by atoms with Crippen LogP contribution in [0.5, 0.6) is 0 Å². The van der Waals surface area contributed by atoms with E-state index in [1.165, 1.54) is 18.2 Å². The lowest BCUT2D eigenvalue weighted by Crippen LogP contribution is -2.44. The molecule has 1 aliphatic heterocycles. The highest BCUT2D eigenvalue weighted by Gasteiger charge is 2.18. The summed E-state index contributed by atoms with van der Waals surface area (Å²) < 4.78 is 12.9. The number of amides is 2. The normalized spacial score (nSPS) is 17.2. The Labute approximate surface area is 116 Å². The molecule has 1 heterocycles. The minimum absolute atomic E-state index is 0.176. The van der Waals surface area contributed by atoms with Gasteiger partial charge in [0.2, 0.25) is 0 Å². The van der Waals surface area contributed by atoms with Crippen molar-refractivity contribution in [1.82, 2.24) is 10.2 Å². The molecule has 0 atom stereocenters. The molecular weight excluding hydrogens is 269 g/mol. The number of nitrogens with one attached hydrogen (secondary N) is 2. The van der Waals surface area contributed by atoms with Crippen LogP contribution in [0.25, 0.3) is 0 Å². The van der Waals surface area contributed by atoms with Crippen LogP contribution in [0.3, 0.4) is 0 Å². The number of hydrogen-bond acceptors (Lipinski definition) is 2. The molecule has 2 rings (SSSR count). The van der Waals surface area contributed by atoms with Gasteiger partial charge in [-0.15, -0.1) is 0 Å². The topological polar surface area (TPSA) is 44.4 Å². The molecule has 4 nitrogen and oxygen atoms in total. The minimum atomic E-state index is -0.425. The Bertz CT molecular complexity index is 461. The van der Waals surface area contributed by atoms with Gasteiger partial charge in [0.05, 0.1) is 10.7 Å². The van der Waals surface area contributed by atoms with E-state index < -0.39 is 5.82 Å². The van der Waals surface area contributed by atoms with Crippen LogP contribution >= 0.6 is 11.6 Å². The quantitative estimate of drug-likeness (QED) is 0.877. The maximum absolute atomic E-state index is 12.9. The Morgan fingerprint density at radius 1 is 1.42 bits per heavy atom. The first-order valence-corrected chi connectivity index (χ1v) is 6.63. The molecule has 2 amide bonds. The van der Waals surface area contributed by atoms with Crippen LogP contribution in [0, 0.1) is 5.82 Å². The van der Waals surface area contributed by atoms with Crippen molar-refractivity contribution in [3.8, 4) is 0 Å². The van der Waals surface area contributed by atoms with Crippen LogP contribution in [0.2, 0.25) is 5.02 Å². The number of halogens is 2. The van der Waals surface area contributed by atoms with Crippen LogP contribution in [0.1, 0.15) is 12.8 Å². The summed E-state index contributed by atoms with van der Waals surface area (Å²) >= 11 is 5.85. The van der Waals surface area contributed by atoms with Gasteiger partial charge in [0.25, 0.3) is 0 Å². The van der Waals surface area contributed by atoms with E-state index in [0.717, 1.165) is 25.9 Å². The third kappa shape index (κ3) is 4.08. The van der Waals surface area contributed by atoms with E-state index in [2.05, 4.69) is 22.6 Å². The third-order valence-electron chi connectivity index (χ3n) is 3.23. The van der Waals surface area contributed by atoms with Gasteiger partial charge in [-0.2, -0.15) is 0 Å². The van der Waals surface area contributed by atoms with Crippen LogP contribution in [0.4, 0.5) is 14.9 Å². The number of hydrogen-bond donors (Lipinski definition) is 2. The molecular formula is C13H17ClFN3O. The summed E-state index contributed by atoms with van der Waals surface area (Å²) in [6.07, 6.45) is 1.86. The van der Waals surface area contributed by atoms with Gasteiger partial charge in [-0.1, -0.05) is 11.6 Å². The van der Waals surface area contributed by atoms with Crippen LogP contribution < -0.4 is 10.6 Å². The summed E-state index contributed by atoms with van der Waals surface area (Å²) in [6, 6.07) is 3.76. The maximum atomic E-state index is 12.9. The summed E-state index contributed by atoms with van der Waals surface area (Å²) in [5.74, 6) is -0.425. The fourth-order valence-electron chi connectivity index (χ4n) is 2.09. The summed E-state index contributed by atoms with van der Waals surface area (Å²) in [4.78, 5) is 14.0. The molecule has 0 aromatic heterocycles. The summed E-state index contributed by atoms with van der Waals surface area (Å²) in [5, 5.41) is 5.73. The number of anilines is 1. The SMILES string of the molecule is CN1CCC(NC(=O)Nc2ccc(F)cc2Cl)CC1. The highest BCUT2D eigenvalue weighted by atomic mass is 35.5. The number of urea groups is 1. The number of nitrogens with zero attached hydrogens (tertiary/aromatic N) is 1. The molecule has 6 heteroatoms. The molecule has 0 saturated carbocycles. The average molecular weight is 286 g/mol. The van der Waals surface area contributed by atoms with Crippen LogP contribution in [-0.2, 0) is 0 Å². The Morgan fingerprint density at radius 2 is 2.11 bits per heavy atom. The average Bonchev–Trinajstić information content (AvgIpc) is 2.36. The second kappa shape index (κ2) is 6.21. The predicted octanol–water partition coefficient (Wildman–Crippen LogP) is 2.69. The molecule has 0 spiro atoms. The Hall–Kier alpha value is -1.33. The molecule has 0 bridgehead atoms. The highest BCUT2D eigenvalue weighted by molar-refractivity contribution is 6.33. The van der Waals surface area contributed by atoms with Crippen molar-refractivity contribution in [3.63, 3.8) is 0 Å². The zero-order valence-electron chi connectivity index (χ0n) is 10.7. The van der Waals surface area contributed by atoms with E-state index in [9.17, 15) is 9.18 Å². The van der Waals surface area contributed by atoms with E-state index in [4.69, 9.17) is 11.6 Å². The van der Waals surface area contributed by atoms with E-state index in [1.807, 2.05) is 0 Å². The zero-order valence-corrected chi connectivity index (χ0v) is 11.5. The fourth-order valence-corrected chi connectivity index (χ4v) is 2.30. The van der Waals surface area contributed by atoms with E-state index in [0.29, 0.717) is 5.69 Å². The third-order valence-corrected chi connectivity index (χ3v) is 3.55. The van der Waals surface area contributed by atoms with Gasteiger partial charge in [-0.25, -0.2) is 9.18 Å². The molecule has 1 aromatic carbocycles. The summed E-state index contributed by atoms with van der Waals surface area (Å²) in [5.41, 5.74) is 0.411. The van der Waals surface area contributed by atoms with Gasteiger partial charge in [-0.05, 0) is 51.2 Å². The van der Waals surface area contributed by atoms with Crippen molar-refractivity contribution in [2.45, 2.75) is 18.9 Å². The molecule has 104 valence electrons. The Morgan fingerprint density at radius 3 is 2.74 bits per heavy atom. The lowest BCUT2D eigenvalue weighted by molar-refractivity contribution is 0.221. The van der Waals surface area contributed by atoms with Gasteiger partial charge in [0.1, 0.15) is 5.82 Å². The Balaban J connectivity index is 1.87. The highest BCUT2D eigenvalue weighted by Crippen LogP contribution is 2.22. The van der Waals surface area contributed by atoms with Crippen molar-refractivity contribution in [2.75, 3.05) is 25.5 Å². The van der Waals surface area contributed by atoms with E-state index in [-0.39, 0.29) is 17.1 Å². The standard InChI is InChI=1S/C13H17ClFN3O/c1-18-6-4-10(5-7-18)16-13(19)17-12-3-2-9(15)8-11(12)14/h2-3,8,10H,4-7H2,1H3,(H2,16,17,19). The molecule has 0 radical (unpaired) electrons. The van der Waals surface area contributed by atoms with Gasteiger partial charge in [0.15, 0.2) is 0 Å². The van der Waals surface area contributed by atoms with Gasteiger partial charge in [0, 0.05) is 6.04 Å². The first-order chi connectivity index (χ1) is 9.04. The number of piperidine rings is 1. The monoisotopic (exact) mass is 285 g/mol. The largest absolute Gasteiger partial charge is 0.335 e. The van der Waals surface area contributed by atoms with Gasteiger partial charge in [-0.3, -0.25) is 0 Å². The molecule has 0 aliphatic carbocycles. The lowest BCUT2D eigenvalue weighted by Gasteiger charge is -2.29. The second-order valence-corrected chi connectivity index (χ2v) is 5.21. The minimum Gasteiger partial charge on any atom is -0.335 e. The van der Waals surface area contributed by atoms with Crippen molar-refractivity contribution in [2.24, 2.45) is 0 Å². The predicted molar refractivity (Wildman–Crippen MR) is 74.1 cm³/mol. The van der Waals surface area contributed by atoms with E-state index >= 15 is 0 Å². The maximum Gasteiger partial charge on any atom is 0.319 e. The number of rotatable bonds is 2. The first kappa shape index (κ1) is 14.1. The van der Waals surface area contributed by atoms with Crippen LogP contribution in [-0.4, -0.2) is 37.1 Å². The summed E-state index contributed by atoms with van der Waals surface area (Å²) in [6.45, 7) is 1.95. The number of carbonyl (C=O) groups is 1. The lowest BCUT2D eigenvalue weighted by atomic mass is 10.1. The number of likely N-dealkylation sites (tertiary alicyclic amines) is 1. The zero-order chi connectivity index (χ0) is 13.8.